The van der Waals surface area contributed by atoms with Crippen LogP contribution in [0.25, 0.3) is 0 Å². The normalized spacial score (nSPS) is 10.1. The third-order valence-corrected chi connectivity index (χ3v) is 3.06. The number of carbonyl (C=O) groups is 2. The van der Waals surface area contributed by atoms with Gasteiger partial charge in [0, 0.05) is 19.5 Å². The summed E-state index contributed by atoms with van der Waals surface area (Å²) in [4.78, 5) is 22.0. The Morgan fingerprint density at radius 3 is 2.50 bits per heavy atom. The van der Waals surface area contributed by atoms with Gasteiger partial charge >= 0.3 is 6.03 Å². The largest absolute Gasteiger partial charge is 0.370 e. The standard InChI is InChI=1S/C15H23N3O2/c1-11-5-6-13(12(2)10-11)7-9-18-15(20)17-8-3-4-14(16)19/h5-6,10H,3-4,7-9H2,1-2H3,(H2,16,19)(H2,17,18,20). The predicted molar refractivity (Wildman–Crippen MR) is 79.4 cm³/mol. The lowest BCUT2D eigenvalue weighted by Crippen LogP contribution is -2.37. The van der Waals surface area contributed by atoms with Crippen molar-refractivity contribution in [2.45, 2.75) is 33.1 Å². The first-order chi connectivity index (χ1) is 9.49. The Morgan fingerprint density at radius 2 is 1.85 bits per heavy atom. The molecule has 20 heavy (non-hydrogen) atoms. The van der Waals surface area contributed by atoms with Crippen molar-refractivity contribution in [1.82, 2.24) is 10.6 Å². The molecule has 0 spiro atoms. The summed E-state index contributed by atoms with van der Waals surface area (Å²) in [6.07, 6.45) is 1.67. The van der Waals surface area contributed by atoms with Gasteiger partial charge in [-0.2, -0.15) is 0 Å². The third-order valence-electron chi connectivity index (χ3n) is 3.06. The van der Waals surface area contributed by atoms with Crippen molar-refractivity contribution in [1.29, 1.82) is 0 Å². The molecule has 0 radical (unpaired) electrons. The smallest absolute Gasteiger partial charge is 0.314 e. The zero-order valence-corrected chi connectivity index (χ0v) is 12.2. The number of primary amides is 1. The van der Waals surface area contributed by atoms with Crippen LogP contribution < -0.4 is 16.4 Å². The van der Waals surface area contributed by atoms with Crippen LogP contribution in [0.4, 0.5) is 4.79 Å². The molecule has 5 heteroatoms. The highest BCUT2D eigenvalue weighted by atomic mass is 16.2. The highest BCUT2D eigenvalue weighted by molar-refractivity contribution is 5.74. The molecule has 3 amide bonds. The lowest BCUT2D eigenvalue weighted by atomic mass is 10.0. The Labute approximate surface area is 119 Å². The van der Waals surface area contributed by atoms with E-state index in [-0.39, 0.29) is 11.9 Å². The van der Waals surface area contributed by atoms with Crippen LogP contribution in [0.1, 0.15) is 29.5 Å². The topological polar surface area (TPSA) is 84.2 Å². The molecular formula is C15H23N3O2. The van der Waals surface area contributed by atoms with Gasteiger partial charge in [0.15, 0.2) is 0 Å². The van der Waals surface area contributed by atoms with Crippen LogP contribution >= 0.6 is 0 Å². The Balaban J connectivity index is 2.20. The maximum absolute atomic E-state index is 11.5. The highest BCUT2D eigenvalue weighted by Gasteiger charge is 2.02. The van der Waals surface area contributed by atoms with Gasteiger partial charge in [0.2, 0.25) is 5.91 Å². The van der Waals surface area contributed by atoms with Crippen molar-refractivity contribution in [3.05, 3.63) is 34.9 Å². The van der Waals surface area contributed by atoms with Crippen LogP contribution in [0.3, 0.4) is 0 Å². The first-order valence-electron chi connectivity index (χ1n) is 6.85. The van der Waals surface area contributed by atoms with Gasteiger partial charge in [0.1, 0.15) is 0 Å². The zero-order valence-electron chi connectivity index (χ0n) is 12.2. The minimum atomic E-state index is -0.345. The Kier molecular flexibility index (Phi) is 6.56. The number of urea groups is 1. The highest BCUT2D eigenvalue weighted by Crippen LogP contribution is 2.10. The van der Waals surface area contributed by atoms with Crippen LogP contribution in [0.2, 0.25) is 0 Å². The first-order valence-corrected chi connectivity index (χ1v) is 6.85. The molecule has 5 nitrogen and oxygen atoms in total. The number of hydrogen-bond donors (Lipinski definition) is 3. The van der Waals surface area contributed by atoms with E-state index in [9.17, 15) is 9.59 Å². The van der Waals surface area contributed by atoms with Gasteiger partial charge < -0.3 is 16.4 Å². The number of aryl methyl sites for hydroxylation is 2. The zero-order chi connectivity index (χ0) is 15.0. The summed E-state index contributed by atoms with van der Waals surface area (Å²) >= 11 is 0. The van der Waals surface area contributed by atoms with Crippen molar-refractivity contribution >= 4 is 11.9 Å². The molecule has 0 aliphatic carbocycles. The van der Waals surface area contributed by atoms with E-state index < -0.39 is 0 Å². The van der Waals surface area contributed by atoms with Crippen molar-refractivity contribution < 1.29 is 9.59 Å². The van der Waals surface area contributed by atoms with Crippen molar-refractivity contribution in [2.75, 3.05) is 13.1 Å². The minimum absolute atomic E-state index is 0.209. The van der Waals surface area contributed by atoms with Gasteiger partial charge in [-0.15, -0.1) is 0 Å². The number of amides is 3. The summed E-state index contributed by atoms with van der Waals surface area (Å²) in [5.41, 5.74) is 8.74. The molecule has 1 rings (SSSR count). The predicted octanol–water partition coefficient (Wildman–Crippen LogP) is 1.41. The second-order valence-electron chi connectivity index (χ2n) is 4.93. The number of nitrogens with two attached hydrogens (primary N) is 1. The van der Waals surface area contributed by atoms with E-state index in [1.165, 1.54) is 16.7 Å². The number of hydrogen-bond acceptors (Lipinski definition) is 2. The number of rotatable bonds is 7. The Hall–Kier alpha value is -2.04. The van der Waals surface area contributed by atoms with Crippen LogP contribution in [-0.2, 0) is 11.2 Å². The SMILES string of the molecule is Cc1ccc(CCNC(=O)NCCCC(N)=O)c(C)c1. The fourth-order valence-electron chi connectivity index (χ4n) is 1.96. The quantitative estimate of drug-likeness (QED) is 0.658. The molecule has 0 fully saturated rings. The maximum Gasteiger partial charge on any atom is 0.314 e. The van der Waals surface area contributed by atoms with E-state index in [0.29, 0.717) is 25.9 Å². The molecule has 1 aromatic rings. The van der Waals surface area contributed by atoms with Gasteiger partial charge in [-0.3, -0.25) is 4.79 Å². The van der Waals surface area contributed by atoms with E-state index in [1.807, 2.05) is 0 Å². The fraction of sp³-hybridized carbons (Fsp3) is 0.467. The molecule has 4 N–H and O–H groups in total. The molecule has 0 saturated carbocycles. The summed E-state index contributed by atoms with van der Waals surface area (Å²) in [6, 6.07) is 6.10. The van der Waals surface area contributed by atoms with Crippen LogP contribution in [-0.4, -0.2) is 25.0 Å². The van der Waals surface area contributed by atoms with Gasteiger partial charge in [0.05, 0.1) is 0 Å². The lowest BCUT2D eigenvalue weighted by Gasteiger charge is -2.09. The van der Waals surface area contributed by atoms with Gasteiger partial charge in [0.25, 0.3) is 0 Å². The molecule has 110 valence electrons. The lowest BCUT2D eigenvalue weighted by molar-refractivity contribution is -0.118. The molecule has 0 unspecified atom stereocenters. The Morgan fingerprint density at radius 1 is 1.15 bits per heavy atom. The van der Waals surface area contributed by atoms with Gasteiger partial charge in [-0.05, 0) is 37.8 Å². The minimum Gasteiger partial charge on any atom is -0.370 e. The molecule has 0 aliphatic rings. The summed E-state index contributed by atoms with van der Waals surface area (Å²) in [5, 5.41) is 5.49. The van der Waals surface area contributed by atoms with Gasteiger partial charge in [-0.25, -0.2) is 4.79 Å². The van der Waals surface area contributed by atoms with E-state index >= 15 is 0 Å². The molecule has 0 bridgehead atoms. The molecule has 0 aliphatic heterocycles. The molecular weight excluding hydrogens is 254 g/mol. The van der Waals surface area contributed by atoms with Crippen LogP contribution in [0.5, 0.6) is 0 Å². The summed E-state index contributed by atoms with van der Waals surface area (Å²) in [7, 11) is 0. The van der Waals surface area contributed by atoms with Crippen LogP contribution in [0, 0.1) is 13.8 Å². The summed E-state index contributed by atoms with van der Waals surface area (Å²) < 4.78 is 0. The number of nitrogens with one attached hydrogen (secondary N) is 2. The van der Waals surface area contributed by atoms with Gasteiger partial charge in [-0.1, -0.05) is 23.8 Å². The molecule has 0 heterocycles. The Bertz CT molecular complexity index is 472. The number of benzene rings is 1. The van der Waals surface area contributed by atoms with Crippen molar-refractivity contribution in [3.8, 4) is 0 Å². The van der Waals surface area contributed by atoms with E-state index in [0.717, 1.165) is 6.42 Å². The van der Waals surface area contributed by atoms with E-state index in [2.05, 4.69) is 42.7 Å². The molecule has 0 saturated heterocycles. The summed E-state index contributed by atoms with van der Waals surface area (Å²) in [6.45, 7) is 5.19. The van der Waals surface area contributed by atoms with Crippen molar-refractivity contribution in [3.63, 3.8) is 0 Å². The van der Waals surface area contributed by atoms with E-state index in [1.54, 1.807) is 0 Å². The molecule has 0 aromatic heterocycles. The third kappa shape index (κ3) is 6.22. The second-order valence-corrected chi connectivity index (χ2v) is 4.93. The van der Waals surface area contributed by atoms with Crippen molar-refractivity contribution in [2.24, 2.45) is 5.73 Å². The summed E-state index contributed by atoms with van der Waals surface area (Å²) in [5.74, 6) is -0.345. The monoisotopic (exact) mass is 277 g/mol. The van der Waals surface area contributed by atoms with E-state index in [4.69, 9.17) is 5.73 Å². The first kappa shape index (κ1) is 16.0. The second kappa shape index (κ2) is 8.19. The molecule has 0 atom stereocenters. The average molecular weight is 277 g/mol. The van der Waals surface area contributed by atoms with Crippen LogP contribution in [0.15, 0.2) is 18.2 Å². The number of carbonyl (C=O) groups excluding carboxylic acids is 2. The molecule has 1 aromatic carbocycles. The average Bonchev–Trinajstić information content (AvgIpc) is 2.37. The fourth-order valence-corrected chi connectivity index (χ4v) is 1.96. The maximum atomic E-state index is 11.5.